The molecule has 4 N–H and O–H groups in total. The Morgan fingerprint density at radius 2 is 1.88 bits per heavy atom. The van der Waals surface area contributed by atoms with Crippen molar-refractivity contribution in [2.24, 2.45) is 0 Å². The van der Waals surface area contributed by atoms with Gasteiger partial charge in [-0.05, 0) is 12.8 Å². The molecule has 8 nitrogen and oxygen atoms in total. The number of aliphatic hydroxyl groups excluding tert-OH is 2. The van der Waals surface area contributed by atoms with Gasteiger partial charge in [0.15, 0.2) is 0 Å². The molecule has 0 aromatic rings. The molecule has 0 aromatic carbocycles. The Kier molecular flexibility index (Phi) is 4.94. The van der Waals surface area contributed by atoms with Crippen LogP contribution in [-0.2, 0) is 19.5 Å². The highest BCUT2D eigenvalue weighted by Crippen LogP contribution is 2.32. The lowest BCUT2D eigenvalue weighted by Gasteiger charge is -2.33. The molecular formula is C6H12O8S2. The minimum absolute atomic E-state index is 0.0568. The summed E-state index contributed by atoms with van der Waals surface area (Å²) in [6.45, 7) is 0. The first-order valence-electron chi connectivity index (χ1n) is 4.32. The summed E-state index contributed by atoms with van der Waals surface area (Å²) in [7, 11) is -4.45. The Balaban J connectivity index is 2.70. The van der Waals surface area contributed by atoms with E-state index in [0.717, 1.165) is 0 Å². The standard InChI is InChI=1S/C6H12O8S2/c7-4-1-3(15-14-13-9)2-5(6(4)8)16(10,11)12/h3-9H,1-2H2,(H,10,11,12). The van der Waals surface area contributed by atoms with Crippen molar-refractivity contribution in [3.63, 3.8) is 0 Å². The summed E-state index contributed by atoms with van der Waals surface area (Å²) in [5, 5.41) is 28.0. The molecule has 1 aliphatic rings. The SMILES string of the molecule is O=S(=O)(O)C1CC(SOOO)CC(O)C1O. The van der Waals surface area contributed by atoms with Gasteiger partial charge in [-0.15, -0.1) is 4.33 Å². The van der Waals surface area contributed by atoms with Gasteiger partial charge in [-0.2, -0.15) is 8.42 Å². The van der Waals surface area contributed by atoms with Crippen molar-refractivity contribution in [3.05, 3.63) is 0 Å². The van der Waals surface area contributed by atoms with Gasteiger partial charge in [0, 0.05) is 17.3 Å². The summed E-state index contributed by atoms with van der Waals surface area (Å²) in [6, 6.07) is 0. The highest BCUT2D eigenvalue weighted by atomic mass is 32.2. The number of hydrogen-bond donors (Lipinski definition) is 4. The fourth-order valence-corrected chi connectivity index (χ4v) is 3.44. The van der Waals surface area contributed by atoms with Gasteiger partial charge in [-0.3, -0.25) is 4.55 Å². The van der Waals surface area contributed by atoms with Crippen LogP contribution in [0.5, 0.6) is 0 Å². The molecule has 1 rings (SSSR count). The van der Waals surface area contributed by atoms with Crippen molar-refractivity contribution in [2.75, 3.05) is 0 Å². The van der Waals surface area contributed by atoms with E-state index in [1.54, 1.807) is 0 Å². The third-order valence-electron chi connectivity index (χ3n) is 2.36. The third kappa shape index (κ3) is 3.53. The molecular weight excluding hydrogens is 264 g/mol. The van der Waals surface area contributed by atoms with Crippen LogP contribution in [0.1, 0.15) is 12.8 Å². The Bertz CT molecular complexity index is 316. The van der Waals surface area contributed by atoms with Gasteiger partial charge < -0.3 is 10.2 Å². The third-order valence-corrected chi connectivity index (χ3v) is 4.40. The van der Waals surface area contributed by atoms with Crippen molar-refractivity contribution in [2.45, 2.75) is 35.5 Å². The van der Waals surface area contributed by atoms with E-state index < -0.39 is 32.8 Å². The minimum Gasteiger partial charge on any atom is -0.390 e. The van der Waals surface area contributed by atoms with Crippen LogP contribution in [-0.4, -0.2) is 51.1 Å². The maximum atomic E-state index is 10.9. The van der Waals surface area contributed by atoms with E-state index in [-0.39, 0.29) is 12.8 Å². The fraction of sp³-hybridized carbons (Fsp3) is 1.00. The second-order valence-corrected chi connectivity index (χ2v) is 6.07. The maximum absolute atomic E-state index is 10.9. The quantitative estimate of drug-likeness (QED) is 0.225. The van der Waals surface area contributed by atoms with Crippen LogP contribution in [0.3, 0.4) is 0 Å². The van der Waals surface area contributed by atoms with Crippen molar-refractivity contribution in [1.29, 1.82) is 0 Å². The van der Waals surface area contributed by atoms with Crippen molar-refractivity contribution < 1.29 is 37.8 Å². The number of aliphatic hydroxyl groups is 2. The van der Waals surface area contributed by atoms with Crippen LogP contribution >= 0.6 is 12.0 Å². The van der Waals surface area contributed by atoms with Gasteiger partial charge in [0.2, 0.25) is 0 Å². The molecule has 0 radical (unpaired) electrons. The molecule has 4 atom stereocenters. The second-order valence-electron chi connectivity index (χ2n) is 3.44. The molecule has 0 saturated heterocycles. The molecule has 1 fully saturated rings. The fourth-order valence-electron chi connectivity index (χ4n) is 1.60. The molecule has 10 heteroatoms. The molecule has 96 valence electrons. The highest BCUT2D eigenvalue weighted by molar-refractivity contribution is 7.95. The first-order chi connectivity index (χ1) is 7.36. The van der Waals surface area contributed by atoms with E-state index in [1.807, 2.05) is 0 Å². The molecule has 16 heavy (non-hydrogen) atoms. The predicted molar refractivity (Wildman–Crippen MR) is 52.8 cm³/mol. The van der Waals surface area contributed by atoms with Gasteiger partial charge in [0.05, 0.1) is 12.2 Å². The molecule has 0 aliphatic heterocycles. The predicted octanol–water partition coefficient (Wildman–Crippen LogP) is -0.804. The van der Waals surface area contributed by atoms with E-state index in [4.69, 9.17) is 9.81 Å². The summed E-state index contributed by atoms with van der Waals surface area (Å²) in [4.78, 5) is 0. The Labute approximate surface area is 96.0 Å². The van der Waals surface area contributed by atoms with Crippen molar-refractivity contribution in [1.82, 2.24) is 0 Å². The Morgan fingerprint density at radius 1 is 1.25 bits per heavy atom. The van der Waals surface area contributed by atoms with Crippen molar-refractivity contribution >= 4 is 22.2 Å². The maximum Gasteiger partial charge on any atom is 0.270 e. The minimum atomic E-state index is -4.45. The topological polar surface area (TPSA) is 134 Å². The van der Waals surface area contributed by atoms with Gasteiger partial charge >= 0.3 is 0 Å². The van der Waals surface area contributed by atoms with E-state index >= 15 is 0 Å². The molecule has 0 spiro atoms. The lowest BCUT2D eigenvalue weighted by Crippen LogP contribution is -2.49. The first kappa shape index (κ1) is 14.1. The van der Waals surface area contributed by atoms with Crippen LogP contribution in [0.25, 0.3) is 0 Å². The lowest BCUT2D eigenvalue weighted by atomic mass is 9.94. The molecule has 4 unspecified atom stereocenters. The first-order valence-corrected chi connectivity index (χ1v) is 6.63. The van der Waals surface area contributed by atoms with Crippen LogP contribution < -0.4 is 0 Å². The smallest absolute Gasteiger partial charge is 0.270 e. The zero-order chi connectivity index (χ0) is 12.3. The summed E-state index contributed by atoms with van der Waals surface area (Å²) in [6.07, 6.45) is -2.89. The lowest BCUT2D eigenvalue weighted by molar-refractivity contribution is -0.432. The van der Waals surface area contributed by atoms with Gasteiger partial charge in [0.25, 0.3) is 10.1 Å². The van der Waals surface area contributed by atoms with Gasteiger partial charge in [0.1, 0.15) is 5.25 Å². The molecule has 0 heterocycles. The summed E-state index contributed by atoms with van der Waals surface area (Å²) in [5.41, 5.74) is 0. The summed E-state index contributed by atoms with van der Waals surface area (Å²) >= 11 is 0.604. The average Bonchev–Trinajstić information content (AvgIpc) is 2.17. The largest absolute Gasteiger partial charge is 0.390 e. The molecule has 0 bridgehead atoms. The van der Waals surface area contributed by atoms with E-state index in [9.17, 15) is 18.6 Å². The molecule has 1 saturated carbocycles. The van der Waals surface area contributed by atoms with E-state index in [0.29, 0.717) is 12.0 Å². The normalized spacial score (nSPS) is 36.2. The van der Waals surface area contributed by atoms with E-state index in [1.165, 1.54) is 0 Å². The van der Waals surface area contributed by atoms with Crippen LogP contribution in [0, 0.1) is 0 Å². The monoisotopic (exact) mass is 276 g/mol. The summed E-state index contributed by atoms with van der Waals surface area (Å²) in [5.74, 6) is 0. The molecule has 0 aromatic heterocycles. The van der Waals surface area contributed by atoms with Gasteiger partial charge in [-0.1, -0.05) is 5.04 Å². The van der Waals surface area contributed by atoms with Gasteiger partial charge in [-0.25, -0.2) is 5.26 Å². The number of rotatable bonds is 4. The highest BCUT2D eigenvalue weighted by Gasteiger charge is 2.43. The Morgan fingerprint density at radius 3 is 2.38 bits per heavy atom. The second kappa shape index (κ2) is 5.60. The zero-order valence-electron chi connectivity index (χ0n) is 7.96. The average molecular weight is 276 g/mol. The van der Waals surface area contributed by atoms with Crippen LogP contribution in [0.2, 0.25) is 0 Å². The summed E-state index contributed by atoms with van der Waals surface area (Å²) < 4.78 is 34.8. The van der Waals surface area contributed by atoms with E-state index in [2.05, 4.69) is 9.37 Å². The molecule has 0 amide bonds. The zero-order valence-corrected chi connectivity index (χ0v) is 9.59. The number of hydrogen-bond acceptors (Lipinski definition) is 8. The molecule has 1 aliphatic carbocycles. The van der Waals surface area contributed by atoms with Crippen LogP contribution in [0.15, 0.2) is 0 Å². The van der Waals surface area contributed by atoms with Crippen LogP contribution in [0.4, 0.5) is 0 Å². The van der Waals surface area contributed by atoms with Crippen molar-refractivity contribution in [3.8, 4) is 0 Å². The Hall–Kier alpha value is 0.0600.